The number of fused-ring (bicyclic) bond motifs is 1. The molecule has 0 aromatic carbocycles. The van der Waals surface area contributed by atoms with Gasteiger partial charge in [-0.2, -0.15) is 0 Å². The highest BCUT2D eigenvalue weighted by Gasteiger charge is 2.23. The molecule has 0 radical (unpaired) electrons. The Balaban J connectivity index is 2.04. The highest BCUT2D eigenvalue weighted by molar-refractivity contribution is 7.18. The zero-order valence-electron chi connectivity index (χ0n) is 11.4. The van der Waals surface area contributed by atoms with Gasteiger partial charge in [0.05, 0.1) is 5.39 Å². The van der Waals surface area contributed by atoms with E-state index in [2.05, 4.69) is 28.7 Å². The van der Waals surface area contributed by atoms with Crippen LogP contribution in [0.4, 0.5) is 5.82 Å². The molecule has 1 aliphatic rings. The Labute approximate surface area is 117 Å². The van der Waals surface area contributed by atoms with Crippen LogP contribution in [0, 0.1) is 19.8 Å². The van der Waals surface area contributed by atoms with E-state index in [-0.39, 0.29) is 6.61 Å². The fraction of sp³-hybridized carbons (Fsp3) is 0.571. The second-order valence-corrected chi connectivity index (χ2v) is 6.50. The molecule has 102 valence electrons. The van der Waals surface area contributed by atoms with Gasteiger partial charge in [-0.15, -0.1) is 11.3 Å². The predicted molar refractivity (Wildman–Crippen MR) is 78.9 cm³/mol. The first-order valence-corrected chi connectivity index (χ1v) is 7.59. The Morgan fingerprint density at radius 1 is 1.42 bits per heavy atom. The normalized spacial score (nSPS) is 20.2. The highest BCUT2D eigenvalue weighted by atomic mass is 32.1. The lowest BCUT2D eigenvalue weighted by molar-refractivity contribution is 0.208. The molecule has 5 heteroatoms. The highest BCUT2D eigenvalue weighted by Crippen LogP contribution is 2.35. The maximum absolute atomic E-state index is 9.37. The van der Waals surface area contributed by atoms with E-state index in [1.165, 1.54) is 15.8 Å². The van der Waals surface area contributed by atoms with E-state index in [9.17, 15) is 5.11 Å². The minimum absolute atomic E-state index is 0.270. The first kappa shape index (κ1) is 12.8. The number of hydrogen-bond acceptors (Lipinski definition) is 5. The van der Waals surface area contributed by atoms with Crippen LogP contribution in [0.25, 0.3) is 10.2 Å². The summed E-state index contributed by atoms with van der Waals surface area (Å²) >= 11 is 1.74. The molecule has 0 amide bonds. The van der Waals surface area contributed by atoms with E-state index in [1.54, 1.807) is 17.7 Å². The third-order valence-corrected chi connectivity index (χ3v) is 5.14. The van der Waals surface area contributed by atoms with Gasteiger partial charge in [0.25, 0.3) is 0 Å². The number of anilines is 1. The van der Waals surface area contributed by atoms with Crippen LogP contribution < -0.4 is 4.90 Å². The molecule has 0 aliphatic carbocycles. The fourth-order valence-electron chi connectivity index (χ4n) is 2.81. The molecule has 1 N–H and O–H groups in total. The molecule has 3 heterocycles. The smallest absolute Gasteiger partial charge is 0.141 e. The summed E-state index contributed by atoms with van der Waals surface area (Å²) in [5.74, 6) is 1.42. The first-order valence-electron chi connectivity index (χ1n) is 6.77. The summed E-state index contributed by atoms with van der Waals surface area (Å²) in [5.41, 5.74) is 1.29. The molecule has 1 atom stereocenters. The van der Waals surface area contributed by atoms with Crippen LogP contribution in [0.1, 0.15) is 23.3 Å². The van der Waals surface area contributed by atoms with Gasteiger partial charge in [0.15, 0.2) is 0 Å². The van der Waals surface area contributed by atoms with E-state index in [0.717, 1.165) is 36.6 Å². The third kappa shape index (κ3) is 2.21. The van der Waals surface area contributed by atoms with Crippen LogP contribution in [0.2, 0.25) is 0 Å². The van der Waals surface area contributed by atoms with Crippen molar-refractivity contribution in [2.45, 2.75) is 26.7 Å². The van der Waals surface area contributed by atoms with Crippen molar-refractivity contribution in [2.24, 2.45) is 5.92 Å². The van der Waals surface area contributed by atoms with E-state index in [1.807, 2.05) is 0 Å². The fourth-order valence-corrected chi connectivity index (χ4v) is 3.80. The van der Waals surface area contributed by atoms with Crippen molar-refractivity contribution in [1.29, 1.82) is 0 Å². The van der Waals surface area contributed by atoms with Crippen molar-refractivity contribution in [3.05, 3.63) is 16.8 Å². The van der Waals surface area contributed by atoms with Gasteiger partial charge in [0.1, 0.15) is 17.0 Å². The van der Waals surface area contributed by atoms with E-state index in [4.69, 9.17) is 0 Å². The average molecular weight is 277 g/mol. The Morgan fingerprint density at radius 3 is 3.05 bits per heavy atom. The molecule has 0 spiro atoms. The lowest BCUT2D eigenvalue weighted by Crippen LogP contribution is -2.37. The number of aliphatic hydroxyl groups excluding tert-OH is 1. The van der Waals surface area contributed by atoms with Crippen molar-refractivity contribution < 1.29 is 5.11 Å². The number of rotatable bonds is 2. The molecule has 1 fully saturated rings. The molecule has 3 rings (SSSR count). The zero-order valence-corrected chi connectivity index (χ0v) is 12.2. The van der Waals surface area contributed by atoms with Gasteiger partial charge in [-0.3, -0.25) is 0 Å². The SMILES string of the molecule is Cc1sc2ncnc(N3CCCC(CO)C3)c2c1C. The molecule has 1 saturated heterocycles. The van der Waals surface area contributed by atoms with Gasteiger partial charge in [0.2, 0.25) is 0 Å². The standard InChI is InChI=1S/C14H19N3OS/c1-9-10(2)19-14-12(9)13(15-8-16-14)17-5-3-4-11(6-17)7-18/h8,11,18H,3-7H2,1-2H3. The van der Waals surface area contributed by atoms with Crippen molar-refractivity contribution in [1.82, 2.24) is 9.97 Å². The van der Waals surface area contributed by atoms with Gasteiger partial charge >= 0.3 is 0 Å². The molecule has 4 nitrogen and oxygen atoms in total. The Kier molecular flexibility index (Phi) is 3.41. The second-order valence-electron chi connectivity index (χ2n) is 5.30. The Bertz CT molecular complexity index is 596. The van der Waals surface area contributed by atoms with Gasteiger partial charge in [-0.05, 0) is 38.2 Å². The topological polar surface area (TPSA) is 49.2 Å². The maximum atomic E-state index is 9.37. The minimum atomic E-state index is 0.270. The van der Waals surface area contributed by atoms with Crippen molar-refractivity contribution in [3.8, 4) is 0 Å². The molecular weight excluding hydrogens is 258 g/mol. The first-order chi connectivity index (χ1) is 9.20. The number of aliphatic hydroxyl groups is 1. The average Bonchev–Trinajstić information content (AvgIpc) is 2.74. The summed E-state index contributed by atoms with van der Waals surface area (Å²) in [7, 11) is 0. The number of hydrogen-bond donors (Lipinski definition) is 1. The largest absolute Gasteiger partial charge is 0.396 e. The summed E-state index contributed by atoms with van der Waals surface area (Å²) < 4.78 is 0. The minimum Gasteiger partial charge on any atom is -0.396 e. The number of thiophene rings is 1. The number of aryl methyl sites for hydroxylation is 2. The molecule has 0 bridgehead atoms. The van der Waals surface area contributed by atoms with Crippen LogP contribution in [-0.4, -0.2) is 34.8 Å². The van der Waals surface area contributed by atoms with Crippen LogP contribution in [0.15, 0.2) is 6.33 Å². The number of nitrogens with zero attached hydrogens (tertiary/aromatic N) is 3. The second kappa shape index (κ2) is 5.06. The number of aromatic nitrogens is 2. The summed E-state index contributed by atoms with van der Waals surface area (Å²) in [6, 6.07) is 0. The predicted octanol–water partition coefficient (Wildman–Crippen LogP) is 2.52. The molecule has 2 aromatic heterocycles. The molecule has 1 aliphatic heterocycles. The molecule has 2 aromatic rings. The summed E-state index contributed by atoms with van der Waals surface area (Å²) in [4.78, 5) is 13.6. The van der Waals surface area contributed by atoms with Crippen molar-refractivity contribution >= 4 is 27.4 Å². The van der Waals surface area contributed by atoms with Gasteiger partial charge in [-0.1, -0.05) is 0 Å². The molecule has 0 saturated carbocycles. The van der Waals surface area contributed by atoms with E-state index >= 15 is 0 Å². The Hall–Kier alpha value is -1.20. The van der Waals surface area contributed by atoms with Crippen LogP contribution in [0.5, 0.6) is 0 Å². The maximum Gasteiger partial charge on any atom is 0.141 e. The quantitative estimate of drug-likeness (QED) is 0.916. The summed E-state index contributed by atoms with van der Waals surface area (Å²) in [6.45, 7) is 6.48. The molecule has 1 unspecified atom stereocenters. The van der Waals surface area contributed by atoms with Gasteiger partial charge in [0, 0.05) is 24.6 Å². The monoisotopic (exact) mass is 277 g/mol. The Morgan fingerprint density at radius 2 is 2.26 bits per heavy atom. The van der Waals surface area contributed by atoms with E-state index in [0.29, 0.717) is 5.92 Å². The van der Waals surface area contributed by atoms with E-state index < -0.39 is 0 Å². The lowest BCUT2D eigenvalue weighted by atomic mass is 9.99. The third-order valence-electron chi connectivity index (χ3n) is 4.02. The van der Waals surface area contributed by atoms with Crippen LogP contribution in [-0.2, 0) is 0 Å². The van der Waals surface area contributed by atoms with Crippen LogP contribution >= 0.6 is 11.3 Å². The van der Waals surface area contributed by atoms with Gasteiger partial charge in [-0.25, -0.2) is 9.97 Å². The molecule has 19 heavy (non-hydrogen) atoms. The van der Waals surface area contributed by atoms with Crippen molar-refractivity contribution in [2.75, 3.05) is 24.6 Å². The number of piperidine rings is 1. The van der Waals surface area contributed by atoms with Crippen molar-refractivity contribution in [3.63, 3.8) is 0 Å². The summed E-state index contributed by atoms with van der Waals surface area (Å²) in [6.07, 6.45) is 3.90. The van der Waals surface area contributed by atoms with Crippen LogP contribution in [0.3, 0.4) is 0 Å². The van der Waals surface area contributed by atoms with Gasteiger partial charge < -0.3 is 10.0 Å². The zero-order chi connectivity index (χ0) is 13.4. The lowest BCUT2D eigenvalue weighted by Gasteiger charge is -2.33. The molecular formula is C14H19N3OS. The summed E-state index contributed by atoms with van der Waals surface area (Å²) in [5, 5.41) is 10.6.